The molecule has 1 fully saturated rings. The van der Waals surface area contributed by atoms with Crippen LogP contribution in [0.5, 0.6) is 0 Å². The average molecular weight is 464 g/mol. The lowest BCUT2D eigenvalue weighted by Gasteiger charge is -2.15. The molecule has 2 aromatic rings. The summed E-state index contributed by atoms with van der Waals surface area (Å²) in [5, 5.41) is 3.10. The molecule has 0 spiro atoms. The number of nitrogens with one attached hydrogen (secondary N) is 1. The van der Waals surface area contributed by atoms with Crippen LogP contribution < -0.4 is 11.1 Å². The molecule has 5 nitrogen and oxygen atoms in total. The van der Waals surface area contributed by atoms with Gasteiger partial charge in [0.15, 0.2) is 5.96 Å². The normalized spacial score (nSPS) is 14.3. The first-order chi connectivity index (χ1) is 12.1. The molecule has 0 unspecified atom stereocenters. The van der Waals surface area contributed by atoms with Crippen LogP contribution in [-0.4, -0.2) is 23.3 Å². The van der Waals surface area contributed by atoms with Crippen LogP contribution in [0.4, 0.5) is 5.69 Å². The third-order valence-corrected chi connectivity index (χ3v) is 4.29. The van der Waals surface area contributed by atoms with Gasteiger partial charge in [-0.25, -0.2) is 4.99 Å². The summed E-state index contributed by atoms with van der Waals surface area (Å²) in [7, 11) is 0. The lowest BCUT2D eigenvalue weighted by Crippen LogP contribution is -2.23. The number of aliphatic imine (C=N–C) groups is 1. The van der Waals surface area contributed by atoms with E-state index in [2.05, 4.69) is 22.4 Å². The van der Waals surface area contributed by atoms with E-state index < -0.39 is 0 Å². The summed E-state index contributed by atoms with van der Waals surface area (Å²) in [6, 6.07) is 16.2. The maximum absolute atomic E-state index is 11.7. The standard InChI is InChI=1S/C20H24N4O.HI/c1-15-4-2-5-18(12-15)23-20(21)22-13-16-7-9-17(10-8-16)14-24-11-3-6-19(24)25;/h2,4-5,7-10,12H,3,6,11,13-14H2,1H3,(H3,21,22,23);1H. The van der Waals surface area contributed by atoms with Crippen LogP contribution in [0.2, 0.25) is 0 Å². The summed E-state index contributed by atoms with van der Waals surface area (Å²) < 4.78 is 0. The van der Waals surface area contributed by atoms with Crippen LogP contribution in [0.3, 0.4) is 0 Å². The molecular weight excluding hydrogens is 439 g/mol. The highest BCUT2D eigenvalue weighted by molar-refractivity contribution is 14.0. The number of amides is 1. The molecule has 26 heavy (non-hydrogen) atoms. The van der Waals surface area contributed by atoms with Gasteiger partial charge in [-0.2, -0.15) is 0 Å². The number of halogens is 1. The molecule has 1 amide bonds. The van der Waals surface area contributed by atoms with E-state index in [0.29, 0.717) is 25.5 Å². The Morgan fingerprint density at radius 2 is 1.92 bits per heavy atom. The number of guanidine groups is 1. The van der Waals surface area contributed by atoms with Crippen LogP contribution in [0.25, 0.3) is 0 Å². The van der Waals surface area contributed by atoms with E-state index in [1.54, 1.807) is 0 Å². The Hall–Kier alpha value is -2.09. The maximum Gasteiger partial charge on any atom is 0.222 e. The first-order valence-electron chi connectivity index (χ1n) is 8.59. The average Bonchev–Trinajstić information content (AvgIpc) is 2.99. The smallest absolute Gasteiger partial charge is 0.222 e. The van der Waals surface area contributed by atoms with Gasteiger partial charge in [0.1, 0.15) is 0 Å². The number of nitrogens with zero attached hydrogens (tertiary/aromatic N) is 2. The van der Waals surface area contributed by atoms with Crippen molar-refractivity contribution in [3.05, 3.63) is 65.2 Å². The molecule has 6 heteroatoms. The second kappa shape index (κ2) is 9.56. The number of nitrogens with two attached hydrogens (primary N) is 1. The Morgan fingerprint density at radius 1 is 1.19 bits per heavy atom. The molecule has 1 aliphatic heterocycles. The molecule has 3 N–H and O–H groups in total. The molecule has 0 saturated carbocycles. The molecule has 0 atom stereocenters. The van der Waals surface area contributed by atoms with Gasteiger partial charge in [0.05, 0.1) is 6.54 Å². The zero-order valence-electron chi connectivity index (χ0n) is 14.9. The van der Waals surface area contributed by atoms with Crippen molar-refractivity contribution < 1.29 is 4.79 Å². The van der Waals surface area contributed by atoms with Crippen molar-refractivity contribution in [2.24, 2.45) is 10.7 Å². The second-order valence-corrected chi connectivity index (χ2v) is 6.43. The fourth-order valence-electron chi connectivity index (χ4n) is 2.93. The summed E-state index contributed by atoms with van der Waals surface area (Å²) in [5.74, 6) is 0.654. The number of carbonyl (C=O) groups is 1. The van der Waals surface area contributed by atoms with E-state index in [1.807, 2.05) is 48.2 Å². The van der Waals surface area contributed by atoms with Crippen LogP contribution >= 0.6 is 24.0 Å². The lowest BCUT2D eigenvalue weighted by molar-refractivity contribution is -0.128. The third kappa shape index (κ3) is 5.72. The van der Waals surface area contributed by atoms with Gasteiger partial charge in [-0.3, -0.25) is 4.79 Å². The number of benzene rings is 2. The number of rotatable bonds is 5. The Kier molecular flexibility index (Phi) is 7.44. The van der Waals surface area contributed by atoms with Gasteiger partial charge in [0.25, 0.3) is 0 Å². The Labute approximate surface area is 171 Å². The van der Waals surface area contributed by atoms with E-state index >= 15 is 0 Å². The van der Waals surface area contributed by atoms with Crippen molar-refractivity contribution in [2.75, 3.05) is 11.9 Å². The SMILES string of the molecule is Cc1cccc(NC(N)=NCc2ccc(CN3CCCC3=O)cc2)c1.I. The molecule has 1 heterocycles. The number of carbonyl (C=O) groups excluding carboxylic acids is 1. The molecule has 1 aliphatic rings. The van der Waals surface area contributed by atoms with Gasteiger partial charge in [-0.05, 0) is 42.2 Å². The van der Waals surface area contributed by atoms with Gasteiger partial charge in [0.2, 0.25) is 5.91 Å². The van der Waals surface area contributed by atoms with Crippen LogP contribution in [0.15, 0.2) is 53.5 Å². The van der Waals surface area contributed by atoms with Crippen molar-refractivity contribution >= 4 is 41.5 Å². The largest absolute Gasteiger partial charge is 0.370 e. The van der Waals surface area contributed by atoms with E-state index in [1.165, 1.54) is 5.56 Å². The van der Waals surface area contributed by atoms with Gasteiger partial charge in [-0.1, -0.05) is 36.4 Å². The molecule has 0 radical (unpaired) electrons. The Bertz CT molecular complexity index is 774. The summed E-state index contributed by atoms with van der Waals surface area (Å²) in [6.45, 7) is 4.12. The first-order valence-corrected chi connectivity index (χ1v) is 8.59. The van der Waals surface area contributed by atoms with Crippen molar-refractivity contribution in [3.8, 4) is 0 Å². The summed E-state index contributed by atoms with van der Waals surface area (Å²) >= 11 is 0. The maximum atomic E-state index is 11.7. The topological polar surface area (TPSA) is 70.7 Å². The van der Waals surface area contributed by atoms with E-state index in [4.69, 9.17) is 5.73 Å². The first kappa shape index (κ1) is 20.2. The van der Waals surface area contributed by atoms with Crippen molar-refractivity contribution in [2.45, 2.75) is 32.9 Å². The molecule has 3 rings (SSSR count). The monoisotopic (exact) mass is 464 g/mol. The van der Waals surface area contributed by atoms with E-state index in [-0.39, 0.29) is 29.9 Å². The minimum absolute atomic E-state index is 0. The fraction of sp³-hybridized carbons (Fsp3) is 0.300. The van der Waals surface area contributed by atoms with Crippen molar-refractivity contribution in [1.29, 1.82) is 0 Å². The minimum Gasteiger partial charge on any atom is -0.370 e. The number of aryl methyl sites for hydroxylation is 1. The lowest BCUT2D eigenvalue weighted by atomic mass is 10.1. The highest BCUT2D eigenvalue weighted by Crippen LogP contribution is 2.15. The predicted octanol–water partition coefficient (Wildman–Crippen LogP) is 3.66. The van der Waals surface area contributed by atoms with Crippen LogP contribution in [-0.2, 0) is 17.9 Å². The zero-order valence-corrected chi connectivity index (χ0v) is 17.3. The van der Waals surface area contributed by atoms with Crippen molar-refractivity contribution in [3.63, 3.8) is 0 Å². The van der Waals surface area contributed by atoms with Gasteiger partial charge in [-0.15, -0.1) is 24.0 Å². The van der Waals surface area contributed by atoms with E-state index in [0.717, 1.165) is 29.8 Å². The second-order valence-electron chi connectivity index (χ2n) is 6.43. The number of likely N-dealkylation sites (tertiary alicyclic amines) is 1. The quantitative estimate of drug-likeness (QED) is 0.403. The molecule has 138 valence electrons. The predicted molar refractivity (Wildman–Crippen MR) is 117 cm³/mol. The highest BCUT2D eigenvalue weighted by atomic mass is 127. The van der Waals surface area contributed by atoms with Gasteiger partial charge in [0, 0.05) is 25.2 Å². The molecule has 0 bridgehead atoms. The molecule has 0 aliphatic carbocycles. The summed E-state index contributed by atoms with van der Waals surface area (Å²) in [6.07, 6.45) is 1.65. The van der Waals surface area contributed by atoms with Crippen molar-refractivity contribution in [1.82, 2.24) is 4.90 Å². The third-order valence-electron chi connectivity index (χ3n) is 4.29. The summed E-state index contributed by atoms with van der Waals surface area (Å²) in [4.78, 5) is 18.0. The number of anilines is 1. The Balaban J connectivity index is 0.00000243. The van der Waals surface area contributed by atoms with E-state index in [9.17, 15) is 4.79 Å². The van der Waals surface area contributed by atoms with Crippen LogP contribution in [0, 0.1) is 6.92 Å². The molecule has 0 aromatic heterocycles. The number of hydrogen-bond acceptors (Lipinski definition) is 2. The fourth-order valence-corrected chi connectivity index (χ4v) is 2.93. The van der Waals surface area contributed by atoms with Crippen LogP contribution in [0.1, 0.15) is 29.5 Å². The van der Waals surface area contributed by atoms with Gasteiger partial charge < -0.3 is 16.0 Å². The summed E-state index contributed by atoms with van der Waals surface area (Å²) in [5.41, 5.74) is 10.3. The molecule has 1 saturated heterocycles. The highest BCUT2D eigenvalue weighted by Gasteiger charge is 2.19. The molecule has 2 aromatic carbocycles. The number of hydrogen-bond donors (Lipinski definition) is 2. The van der Waals surface area contributed by atoms with Gasteiger partial charge >= 0.3 is 0 Å². The minimum atomic E-state index is 0. The Morgan fingerprint density at radius 3 is 2.58 bits per heavy atom. The zero-order chi connectivity index (χ0) is 17.6. The molecular formula is C20H25IN4O.